The van der Waals surface area contributed by atoms with Crippen LogP contribution in [0.1, 0.15) is 12.6 Å². The number of anilines is 1. The van der Waals surface area contributed by atoms with Crippen LogP contribution in [-0.2, 0) is 4.79 Å². The van der Waals surface area contributed by atoms with E-state index in [-0.39, 0.29) is 11.2 Å². The summed E-state index contributed by atoms with van der Waals surface area (Å²) in [6.07, 6.45) is 0. The van der Waals surface area contributed by atoms with Crippen LogP contribution in [0.25, 0.3) is 0 Å². The Morgan fingerprint density at radius 2 is 2.11 bits per heavy atom. The average Bonchev–Trinajstić information content (AvgIpc) is 2.77. The minimum atomic E-state index is -0.172. The van der Waals surface area contributed by atoms with E-state index < -0.39 is 0 Å². The predicted molar refractivity (Wildman–Crippen MR) is 84.9 cm³/mol. The topological polar surface area (TPSA) is 42.0 Å². The van der Waals surface area contributed by atoms with Gasteiger partial charge in [-0.3, -0.25) is 4.79 Å². The third-order valence-corrected chi connectivity index (χ3v) is 5.07. The summed E-state index contributed by atoms with van der Waals surface area (Å²) in [5.41, 5.74) is 1.80. The Morgan fingerprint density at radius 1 is 1.42 bits per heavy atom. The molecule has 0 aliphatic rings. The molecular weight excluding hydrogens is 344 g/mol. The second-order valence-electron chi connectivity index (χ2n) is 4.01. The third-order valence-electron chi connectivity index (χ3n) is 2.36. The molecule has 0 aliphatic heterocycles. The van der Waals surface area contributed by atoms with Crippen molar-refractivity contribution >= 4 is 50.6 Å². The zero-order valence-corrected chi connectivity index (χ0v) is 13.7. The van der Waals surface area contributed by atoms with Gasteiger partial charge >= 0.3 is 0 Å². The van der Waals surface area contributed by atoms with Gasteiger partial charge in [0.05, 0.1) is 5.25 Å². The van der Waals surface area contributed by atoms with Crippen molar-refractivity contribution in [2.75, 3.05) is 5.32 Å². The second kappa shape index (κ2) is 6.54. The van der Waals surface area contributed by atoms with Crippen LogP contribution >= 0.6 is 39.0 Å². The minimum absolute atomic E-state index is 0.0137. The number of hydrogen-bond donors (Lipinski definition) is 1. The van der Waals surface area contributed by atoms with Crippen LogP contribution in [0.4, 0.5) is 5.69 Å². The molecule has 2 aromatic rings. The van der Waals surface area contributed by atoms with E-state index in [4.69, 9.17) is 0 Å². The molecule has 0 bridgehead atoms. The van der Waals surface area contributed by atoms with Crippen molar-refractivity contribution in [1.29, 1.82) is 0 Å². The number of amides is 1. The molecule has 1 atom stereocenters. The van der Waals surface area contributed by atoms with Crippen molar-refractivity contribution in [3.63, 3.8) is 0 Å². The van der Waals surface area contributed by atoms with E-state index in [1.807, 2.05) is 43.5 Å². The summed E-state index contributed by atoms with van der Waals surface area (Å²) in [7, 11) is 0. The lowest BCUT2D eigenvalue weighted by atomic mass is 10.3. The number of nitrogens with zero attached hydrogens (tertiary/aromatic N) is 1. The second-order valence-corrected chi connectivity index (χ2v) is 7.37. The van der Waals surface area contributed by atoms with Gasteiger partial charge in [-0.05, 0) is 38.1 Å². The minimum Gasteiger partial charge on any atom is -0.325 e. The van der Waals surface area contributed by atoms with E-state index in [0.717, 1.165) is 20.2 Å². The Hall–Kier alpha value is -0.850. The van der Waals surface area contributed by atoms with E-state index in [9.17, 15) is 4.79 Å². The van der Waals surface area contributed by atoms with Crippen LogP contribution in [0.2, 0.25) is 0 Å². The molecule has 0 saturated heterocycles. The van der Waals surface area contributed by atoms with Gasteiger partial charge in [-0.25, -0.2) is 4.98 Å². The van der Waals surface area contributed by atoms with Crippen LogP contribution in [0.3, 0.4) is 0 Å². The van der Waals surface area contributed by atoms with Crippen molar-refractivity contribution in [2.45, 2.75) is 23.4 Å². The van der Waals surface area contributed by atoms with E-state index in [0.29, 0.717) is 0 Å². The molecule has 0 fully saturated rings. The fourth-order valence-corrected chi connectivity index (χ4v) is 3.62. The Kier molecular flexibility index (Phi) is 5.01. The number of aromatic nitrogens is 1. The monoisotopic (exact) mass is 356 g/mol. The molecule has 0 saturated carbocycles. The fourth-order valence-electron chi connectivity index (χ4n) is 1.37. The van der Waals surface area contributed by atoms with Crippen molar-refractivity contribution in [3.8, 4) is 0 Å². The number of aryl methyl sites for hydroxylation is 1. The summed E-state index contributed by atoms with van der Waals surface area (Å²) in [5.74, 6) is -0.0137. The summed E-state index contributed by atoms with van der Waals surface area (Å²) in [6.45, 7) is 3.84. The quantitative estimate of drug-likeness (QED) is 0.828. The molecule has 0 spiro atoms. The number of nitrogens with one attached hydrogen (secondary N) is 1. The van der Waals surface area contributed by atoms with E-state index in [1.165, 1.54) is 11.8 Å². The van der Waals surface area contributed by atoms with Gasteiger partial charge in [0.25, 0.3) is 0 Å². The molecule has 1 aromatic heterocycles. The van der Waals surface area contributed by atoms with Crippen LogP contribution in [-0.4, -0.2) is 16.1 Å². The molecule has 0 aliphatic carbocycles. The molecule has 1 heterocycles. The van der Waals surface area contributed by atoms with Crippen molar-refractivity contribution in [3.05, 3.63) is 39.8 Å². The maximum absolute atomic E-state index is 12.0. The first-order valence-electron chi connectivity index (χ1n) is 5.70. The number of hydrogen-bond acceptors (Lipinski definition) is 4. The van der Waals surface area contributed by atoms with Crippen LogP contribution < -0.4 is 5.32 Å². The predicted octanol–water partition coefficient (Wildman–Crippen LogP) is 4.33. The summed E-state index contributed by atoms with van der Waals surface area (Å²) in [4.78, 5) is 16.4. The molecule has 100 valence electrons. The lowest BCUT2D eigenvalue weighted by Crippen LogP contribution is -2.22. The molecule has 0 unspecified atom stereocenters. The van der Waals surface area contributed by atoms with Gasteiger partial charge in [-0.2, -0.15) is 0 Å². The summed E-state index contributed by atoms with van der Waals surface area (Å²) < 4.78 is 1.92. The number of carbonyl (C=O) groups excluding carboxylic acids is 1. The maximum Gasteiger partial charge on any atom is 0.237 e. The lowest BCUT2D eigenvalue weighted by Gasteiger charge is -2.10. The lowest BCUT2D eigenvalue weighted by molar-refractivity contribution is -0.115. The highest BCUT2D eigenvalue weighted by atomic mass is 79.9. The smallest absolute Gasteiger partial charge is 0.237 e. The van der Waals surface area contributed by atoms with Crippen molar-refractivity contribution in [1.82, 2.24) is 4.98 Å². The molecule has 19 heavy (non-hydrogen) atoms. The van der Waals surface area contributed by atoms with Gasteiger partial charge in [0.2, 0.25) is 5.91 Å². The van der Waals surface area contributed by atoms with E-state index in [2.05, 4.69) is 26.2 Å². The number of rotatable bonds is 4. The van der Waals surface area contributed by atoms with Gasteiger partial charge in [0.1, 0.15) is 0 Å². The molecule has 1 amide bonds. The summed E-state index contributed by atoms with van der Waals surface area (Å²) >= 11 is 6.41. The molecule has 1 aromatic carbocycles. The van der Waals surface area contributed by atoms with Crippen molar-refractivity contribution < 1.29 is 4.79 Å². The van der Waals surface area contributed by atoms with Gasteiger partial charge in [-0.1, -0.05) is 27.7 Å². The van der Waals surface area contributed by atoms with Gasteiger partial charge < -0.3 is 5.32 Å². The SMILES string of the molecule is Cc1csc(S[C@@H](C)C(=O)Nc2ccc(Br)cc2)n1. The first kappa shape index (κ1) is 14.6. The summed E-state index contributed by atoms with van der Waals surface area (Å²) in [6, 6.07) is 7.54. The zero-order chi connectivity index (χ0) is 13.8. The zero-order valence-electron chi connectivity index (χ0n) is 10.5. The number of thioether (sulfide) groups is 1. The largest absolute Gasteiger partial charge is 0.325 e. The van der Waals surface area contributed by atoms with Crippen LogP contribution in [0.15, 0.2) is 38.5 Å². The van der Waals surface area contributed by atoms with E-state index >= 15 is 0 Å². The van der Waals surface area contributed by atoms with Crippen LogP contribution in [0, 0.1) is 6.92 Å². The Balaban J connectivity index is 1.94. The molecular formula is C13H13BrN2OS2. The molecule has 6 heteroatoms. The highest BCUT2D eigenvalue weighted by Gasteiger charge is 2.16. The van der Waals surface area contributed by atoms with Crippen molar-refractivity contribution in [2.24, 2.45) is 0 Å². The number of benzene rings is 1. The van der Waals surface area contributed by atoms with Gasteiger partial charge in [0.15, 0.2) is 4.34 Å². The highest BCUT2D eigenvalue weighted by molar-refractivity contribution is 9.10. The number of carbonyl (C=O) groups is 1. The standard InChI is InChI=1S/C13H13BrN2OS2/c1-8-7-18-13(15-8)19-9(2)12(17)16-11-5-3-10(14)4-6-11/h3-7,9H,1-2H3,(H,16,17)/t9-/m0/s1. The summed E-state index contributed by atoms with van der Waals surface area (Å²) in [5, 5.41) is 4.71. The molecule has 1 N–H and O–H groups in total. The Bertz CT molecular complexity index is 568. The average molecular weight is 357 g/mol. The van der Waals surface area contributed by atoms with Gasteiger partial charge in [-0.15, -0.1) is 11.3 Å². The normalized spacial score (nSPS) is 12.2. The number of thiazole rings is 1. The Morgan fingerprint density at radius 3 is 2.68 bits per heavy atom. The number of halogens is 1. The Labute approximate surface area is 129 Å². The molecule has 2 rings (SSSR count). The molecule has 3 nitrogen and oxygen atoms in total. The fraction of sp³-hybridized carbons (Fsp3) is 0.231. The van der Waals surface area contributed by atoms with Gasteiger partial charge in [0, 0.05) is 21.2 Å². The first-order valence-corrected chi connectivity index (χ1v) is 8.25. The maximum atomic E-state index is 12.0. The van der Waals surface area contributed by atoms with E-state index in [1.54, 1.807) is 11.3 Å². The van der Waals surface area contributed by atoms with Crippen LogP contribution in [0.5, 0.6) is 0 Å². The highest BCUT2D eigenvalue weighted by Crippen LogP contribution is 2.27. The third kappa shape index (κ3) is 4.33. The first-order chi connectivity index (χ1) is 9.04. The molecule has 0 radical (unpaired) electrons.